The van der Waals surface area contributed by atoms with Gasteiger partial charge in [-0.15, -0.1) is 0 Å². The highest BCUT2D eigenvalue weighted by Gasteiger charge is 2.29. The zero-order valence-corrected chi connectivity index (χ0v) is 10.8. The van der Waals surface area contributed by atoms with Gasteiger partial charge < -0.3 is 15.2 Å². The summed E-state index contributed by atoms with van der Waals surface area (Å²) in [5.74, 6) is 1.01. The summed E-state index contributed by atoms with van der Waals surface area (Å²) in [6.45, 7) is 7.15. The van der Waals surface area contributed by atoms with Crippen LogP contribution in [0.3, 0.4) is 0 Å². The number of hydrogen-bond donors (Lipinski definition) is 2. The second-order valence-electron chi connectivity index (χ2n) is 5.45. The smallest absolute Gasteiger partial charge is 0.123 e. The van der Waals surface area contributed by atoms with Gasteiger partial charge in [-0.25, -0.2) is 0 Å². The monoisotopic (exact) mass is 235 g/mol. The van der Waals surface area contributed by atoms with Crippen molar-refractivity contribution in [2.45, 2.75) is 45.4 Å². The Labute approximate surface area is 103 Å². The lowest BCUT2D eigenvalue weighted by Crippen LogP contribution is -2.28. The quantitative estimate of drug-likeness (QED) is 0.837. The van der Waals surface area contributed by atoms with E-state index >= 15 is 0 Å². The Morgan fingerprint density at radius 2 is 2.24 bits per heavy atom. The van der Waals surface area contributed by atoms with E-state index in [4.69, 9.17) is 9.84 Å². The van der Waals surface area contributed by atoms with Crippen molar-refractivity contribution in [1.82, 2.24) is 5.32 Å². The fourth-order valence-electron chi connectivity index (χ4n) is 2.13. The molecule has 0 amide bonds. The third kappa shape index (κ3) is 2.99. The fraction of sp³-hybridized carbons (Fsp3) is 0.571. The molecule has 0 saturated heterocycles. The predicted octanol–water partition coefficient (Wildman–Crippen LogP) is 1.87. The lowest BCUT2D eigenvalue weighted by atomic mass is 10.0. The number of fused-ring (bicyclic) bond motifs is 1. The Morgan fingerprint density at radius 3 is 2.94 bits per heavy atom. The highest BCUT2D eigenvalue weighted by molar-refractivity contribution is 5.41. The molecule has 0 saturated carbocycles. The third-order valence-corrected chi connectivity index (χ3v) is 3.06. The van der Waals surface area contributed by atoms with E-state index in [9.17, 15) is 0 Å². The van der Waals surface area contributed by atoms with Gasteiger partial charge in [-0.2, -0.15) is 0 Å². The average Bonchev–Trinajstić information content (AvgIpc) is 2.58. The summed E-state index contributed by atoms with van der Waals surface area (Å²) in [7, 11) is 0. The van der Waals surface area contributed by atoms with Crippen LogP contribution in [0.25, 0.3) is 0 Å². The number of aliphatic hydroxyl groups is 1. The van der Waals surface area contributed by atoms with E-state index in [0.29, 0.717) is 0 Å². The van der Waals surface area contributed by atoms with Gasteiger partial charge in [-0.1, -0.05) is 12.1 Å². The Morgan fingerprint density at radius 1 is 1.47 bits per heavy atom. The van der Waals surface area contributed by atoms with Gasteiger partial charge in [0.05, 0.1) is 6.61 Å². The minimum Gasteiger partial charge on any atom is -0.487 e. The molecule has 1 aliphatic rings. The van der Waals surface area contributed by atoms with Gasteiger partial charge in [-0.3, -0.25) is 0 Å². The van der Waals surface area contributed by atoms with Gasteiger partial charge in [0.1, 0.15) is 11.4 Å². The van der Waals surface area contributed by atoms with E-state index in [0.717, 1.165) is 18.7 Å². The summed E-state index contributed by atoms with van der Waals surface area (Å²) in [5, 5.41) is 12.2. The standard InChI is InChI=1S/C14H21NO2/c1-10(9-16)15-8-11-4-5-13-12(6-11)7-14(2,3)17-13/h4-6,10,15-16H,7-9H2,1-3H3/t10-/m0/s1. The largest absolute Gasteiger partial charge is 0.487 e. The summed E-state index contributed by atoms with van der Waals surface area (Å²) in [5.41, 5.74) is 2.45. The molecule has 2 N–H and O–H groups in total. The van der Waals surface area contributed by atoms with Gasteiger partial charge in [0.2, 0.25) is 0 Å². The van der Waals surface area contributed by atoms with Gasteiger partial charge in [0.25, 0.3) is 0 Å². The van der Waals surface area contributed by atoms with Gasteiger partial charge in [0, 0.05) is 19.0 Å². The van der Waals surface area contributed by atoms with Crippen molar-refractivity contribution in [2.75, 3.05) is 6.61 Å². The maximum absolute atomic E-state index is 8.95. The second kappa shape index (κ2) is 4.67. The van der Waals surface area contributed by atoms with Crippen LogP contribution >= 0.6 is 0 Å². The lowest BCUT2D eigenvalue weighted by Gasteiger charge is -2.16. The molecule has 94 valence electrons. The van der Waals surface area contributed by atoms with Crippen LogP contribution in [0.15, 0.2) is 18.2 Å². The first-order valence-electron chi connectivity index (χ1n) is 6.15. The molecule has 1 aromatic rings. The van der Waals surface area contributed by atoms with Crippen molar-refractivity contribution in [3.63, 3.8) is 0 Å². The summed E-state index contributed by atoms with van der Waals surface area (Å²) >= 11 is 0. The van der Waals surface area contributed by atoms with Crippen LogP contribution < -0.4 is 10.1 Å². The SMILES string of the molecule is C[C@@H](CO)NCc1ccc2c(c1)CC(C)(C)O2. The number of aliphatic hydroxyl groups excluding tert-OH is 1. The summed E-state index contributed by atoms with van der Waals surface area (Å²) in [6.07, 6.45) is 0.964. The van der Waals surface area contributed by atoms with E-state index in [1.807, 2.05) is 13.0 Å². The number of hydrogen-bond acceptors (Lipinski definition) is 3. The van der Waals surface area contributed by atoms with Crippen LogP contribution in [-0.2, 0) is 13.0 Å². The van der Waals surface area contributed by atoms with Crippen molar-refractivity contribution in [2.24, 2.45) is 0 Å². The van der Waals surface area contributed by atoms with Crippen molar-refractivity contribution in [3.05, 3.63) is 29.3 Å². The maximum Gasteiger partial charge on any atom is 0.123 e. The van der Waals surface area contributed by atoms with Crippen LogP contribution in [0.2, 0.25) is 0 Å². The van der Waals surface area contributed by atoms with E-state index in [1.54, 1.807) is 0 Å². The predicted molar refractivity (Wildman–Crippen MR) is 68.2 cm³/mol. The van der Waals surface area contributed by atoms with Crippen molar-refractivity contribution < 1.29 is 9.84 Å². The molecule has 0 aliphatic carbocycles. The average molecular weight is 235 g/mol. The zero-order valence-electron chi connectivity index (χ0n) is 10.8. The molecule has 0 aromatic heterocycles. The molecule has 1 heterocycles. The molecule has 0 fully saturated rings. The molecule has 1 aromatic carbocycles. The molecule has 1 atom stereocenters. The van der Waals surface area contributed by atoms with E-state index in [-0.39, 0.29) is 18.2 Å². The van der Waals surface area contributed by atoms with E-state index in [2.05, 4.69) is 31.3 Å². The molecule has 3 heteroatoms. The van der Waals surface area contributed by atoms with Crippen LogP contribution in [0.5, 0.6) is 5.75 Å². The third-order valence-electron chi connectivity index (χ3n) is 3.06. The molecular formula is C14H21NO2. The molecular weight excluding hydrogens is 214 g/mol. The Hall–Kier alpha value is -1.06. The van der Waals surface area contributed by atoms with Crippen LogP contribution in [0, 0.1) is 0 Å². The van der Waals surface area contributed by atoms with E-state index < -0.39 is 0 Å². The van der Waals surface area contributed by atoms with Crippen molar-refractivity contribution in [1.29, 1.82) is 0 Å². The van der Waals surface area contributed by atoms with Crippen molar-refractivity contribution in [3.8, 4) is 5.75 Å². The maximum atomic E-state index is 8.95. The summed E-state index contributed by atoms with van der Waals surface area (Å²) in [6, 6.07) is 6.46. The Balaban J connectivity index is 2.04. The van der Waals surface area contributed by atoms with Gasteiger partial charge in [-0.05, 0) is 38.0 Å². The first-order chi connectivity index (χ1) is 8.00. The lowest BCUT2D eigenvalue weighted by molar-refractivity contribution is 0.138. The van der Waals surface area contributed by atoms with Crippen molar-refractivity contribution >= 4 is 0 Å². The molecule has 1 aliphatic heterocycles. The first kappa shape index (κ1) is 12.4. The number of ether oxygens (including phenoxy) is 1. The molecule has 0 spiro atoms. The highest BCUT2D eigenvalue weighted by atomic mass is 16.5. The van der Waals surface area contributed by atoms with Crippen LogP contribution in [-0.4, -0.2) is 23.4 Å². The van der Waals surface area contributed by atoms with Gasteiger partial charge in [0.15, 0.2) is 0 Å². The Bertz CT molecular complexity index is 401. The van der Waals surface area contributed by atoms with E-state index in [1.165, 1.54) is 11.1 Å². The summed E-state index contributed by atoms with van der Waals surface area (Å²) in [4.78, 5) is 0. The molecule has 2 rings (SSSR count). The van der Waals surface area contributed by atoms with Gasteiger partial charge >= 0.3 is 0 Å². The minimum absolute atomic E-state index is 0.0766. The highest BCUT2D eigenvalue weighted by Crippen LogP contribution is 2.35. The fourth-order valence-corrected chi connectivity index (χ4v) is 2.13. The minimum atomic E-state index is -0.0766. The van der Waals surface area contributed by atoms with Crippen LogP contribution in [0.4, 0.5) is 0 Å². The normalized spacial score (nSPS) is 18.6. The molecule has 0 unspecified atom stereocenters. The molecule has 17 heavy (non-hydrogen) atoms. The molecule has 0 radical (unpaired) electrons. The second-order valence-corrected chi connectivity index (χ2v) is 5.45. The zero-order chi connectivity index (χ0) is 12.5. The molecule has 0 bridgehead atoms. The number of benzene rings is 1. The summed E-state index contributed by atoms with van der Waals surface area (Å²) < 4.78 is 5.84. The van der Waals surface area contributed by atoms with Crippen LogP contribution in [0.1, 0.15) is 31.9 Å². The molecule has 3 nitrogen and oxygen atoms in total. The Kier molecular flexibility index (Phi) is 3.40. The topological polar surface area (TPSA) is 41.5 Å². The number of nitrogens with one attached hydrogen (secondary N) is 1. The number of rotatable bonds is 4. The first-order valence-corrected chi connectivity index (χ1v) is 6.15.